The Morgan fingerprint density at radius 2 is 0.861 bits per heavy atom. The summed E-state index contributed by atoms with van der Waals surface area (Å²) in [6.07, 6.45) is 0. The van der Waals surface area contributed by atoms with Crippen LogP contribution < -0.4 is 0 Å². The van der Waals surface area contributed by atoms with E-state index in [1.165, 1.54) is 30.3 Å². The molecule has 0 amide bonds. The minimum absolute atomic E-state index is 0.00813. The molecule has 0 N–H and O–H groups in total. The zero-order valence-electron chi connectivity index (χ0n) is 18.4. The maximum atomic E-state index is 14.5. The Balaban J connectivity index is 1.64. The van der Waals surface area contributed by atoms with Crippen molar-refractivity contribution in [3.05, 3.63) is 114 Å². The SMILES string of the molecule is N#Cc1c(F)c(F)c(F)c(F)c1-c1ccc(-c2nc(-c3ccccc3)nc(-c3ccccc3)n2)cc1. The average molecular weight is 482 g/mol. The minimum Gasteiger partial charge on any atom is -0.208 e. The lowest BCUT2D eigenvalue weighted by Crippen LogP contribution is -2.04. The van der Waals surface area contributed by atoms with E-state index in [-0.39, 0.29) is 5.56 Å². The molecule has 1 heterocycles. The smallest absolute Gasteiger partial charge is 0.198 e. The van der Waals surface area contributed by atoms with Gasteiger partial charge in [-0.3, -0.25) is 0 Å². The molecule has 0 radical (unpaired) electrons. The van der Waals surface area contributed by atoms with E-state index >= 15 is 0 Å². The second-order valence-corrected chi connectivity index (χ2v) is 7.73. The summed E-state index contributed by atoms with van der Waals surface area (Å²) in [6, 6.07) is 25.8. The predicted octanol–water partition coefficient (Wildman–Crippen LogP) is 6.97. The van der Waals surface area contributed by atoms with Crippen LogP contribution in [0.4, 0.5) is 17.6 Å². The van der Waals surface area contributed by atoms with Crippen molar-refractivity contribution in [1.29, 1.82) is 5.26 Å². The molecule has 0 aliphatic rings. The molecule has 0 unspecified atom stereocenters. The van der Waals surface area contributed by atoms with Gasteiger partial charge in [-0.15, -0.1) is 0 Å². The van der Waals surface area contributed by atoms with E-state index in [1.54, 1.807) is 0 Å². The Morgan fingerprint density at radius 3 is 1.31 bits per heavy atom. The molecule has 5 rings (SSSR count). The van der Waals surface area contributed by atoms with Gasteiger partial charge in [-0.2, -0.15) is 5.26 Å². The molecule has 0 bridgehead atoms. The lowest BCUT2D eigenvalue weighted by molar-refractivity contribution is 0.409. The number of nitriles is 1. The van der Waals surface area contributed by atoms with E-state index in [4.69, 9.17) is 0 Å². The number of hydrogen-bond donors (Lipinski definition) is 0. The number of rotatable bonds is 4. The third-order valence-corrected chi connectivity index (χ3v) is 5.51. The van der Waals surface area contributed by atoms with Gasteiger partial charge in [-0.25, -0.2) is 32.5 Å². The third-order valence-electron chi connectivity index (χ3n) is 5.51. The van der Waals surface area contributed by atoms with Crippen molar-refractivity contribution in [1.82, 2.24) is 15.0 Å². The van der Waals surface area contributed by atoms with Gasteiger partial charge in [0.15, 0.2) is 40.7 Å². The topological polar surface area (TPSA) is 62.5 Å². The van der Waals surface area contributed by atoms with E-state index in [0.29, 0.717) is 23.0 Å². The van der Waals surface area contributed by atoms with E-state index in [0.717, 1.165) is 11.1 Å². The zero-order valence-corrected chi connectivity index (χ0v) is 18.4. The molecule has 0 spiro atoms. The maximum Gasteiger partial charge on any atom is 0.198 e. The second-order valence-electron chi connectivity index (χ2n) is 7.73. The van der Waals surface area contributed by atoms with E-state index in [2.05, 4.69) is 15.0 Å². The summed E-state index contributed by atoms with van der Waals surface area (Å²) in [4.78, 5) is 13.7. The van der Waals surface area contributed by atoms with Gasteiger partial charge >= 0.3 is 0 Å². The van der Waals surface area contributed by atoms with Crippen molar-refractivity contribution in [3.63, 3.8) is 0 Å². The molecule has 8 heteroatoms. The van der Waals surface area contributed by atoms with Crippen LogP contribution in [0.2, 0.25) is 0 Å². The quantitative estimate of drug-likeness (QED) is 0.158. The first-order valence-corrected chi connectivity index (χ1v) is 10.7. The first-order chi connectivity index (χ1) is 17.5. The minimum atomic E-state index is -2.03. The monoisotopic (exact) mass is 482 g/mol. The number of halogens is 4. The lowest BCUT2D eigenvalue weighted by Gasteiger charge is -2.11. The van der Waals surface area contributed by atoms with Crippen LogP contribution in [0.15, 0.2) is 84.9 Å². The lowest BCUT2D eigenvalue weighted by atomic mass is 9.97. The van der Waals surface area contributed by atoms with Crippen molar-refractivity contribution in [2.75, 3.05) is 0 Å². The van der Waals surface area contributed by atoms with E-state index < -0.39 is 34.4 Å². The fourth-order valence-electron chi connectivity index (χ4n) is 3.73. The van der Waals surface area contributed by atoms with Crippen molar-refractivity contribution < 1.29 is 17.6 Å². The molecular weight excluding hydrogens is 468 g/mol. The summed E-state index contributed by atoms with van der Waals surface area (Å²) in [7, 11) is 0. The molecule has 0 atom stereocenters. The highest BCUT2D eigenvalue weighted by Crippen LogP contribution is 2.33. The van der Waals surface area contributed by atoms with Crippen LogP contribution in [0, 0.1) is 34.6 Å². The van der Waals surface area contributed by atoms with E-state index in [9.17, 15) is 22.8 Å². The summed E-state index contributed by atoms with van der Waals surface area (Å²) < 4.78 is 56.1. The summed E-state index contributed by atoms with van der Waals surface area (Å²) in [5.41, 5.74) is 0.465. The van der Waals surface area contributed by atoms with Crippen LogP contribution >= 0.6 is 0 Å². The second kappa shape index (κ2) is 9.39. The molecule has 0 saturated heterocycles. The first kappa shape index (κ1) is 22.9. The van der Waals surface area contributed by atoms with Crippen molar-refractivity contribution in [3.8, 4) is 51.4 Å². The fourth-order valence-corrected chi connectivity index (χ4v) is 3.73. The fraction of sp³-hybridized carbons (Fsp3) is 0. The molecular formula is C28H14F4N4. The molecule has 0 aliphatic carbocycles. The molecule has 5 aromatic rings. The first-order valence-electron chi connectivity index (χ1n) is 10.7. The Bertz CT molecular complexity index is 1560. The zero-order chi connectivity index (χ0) is 25.2. The van der Waals surface area contributed by atoms with Crippen LogP contribution in [-0.2, 0) is 0 Å². The molecule has 174 valence electrons. The van der Waals surface area contributed by atoms with Crippen LogP contribution in [0.25, 0.3) is 45.3 Å². The number of aromatic nitrogens is 3. The summed E-state index contributed by atoms with van der Waals surface area (Å²) >= 11 is 0. The Labute approximate surface area is 203 Å². The largest absolute Gasteiger partial charge is 0.208 e. The number of nitrogens with zero attached hydrogens (tertiary/aromatic N) is 4. The van der Waals surface area contributed by atoms with Gasteiger partial charge in [0.2, 0.25) is 0 Å². The summed E-state index contributed by atoms with van der Waals surface area (Å²) in [6.45, 7) is 0. The highest BCUT2D eigenvalue weighted by atomic mass is 19.2. The molecule has 0 aliphatic heterocycles. The Hall–Kier alpha value is -4.90. The van der Waals surface area contributed by atoms with Gasteiger partial charge in [-0.1, -0.05) is 84.9 Å². The number of benzene rings is 4. The molecule has 0 saturated carbocycles. The Kier molecular flexibility index (Phi) is 5.97. The highest BCUT2D eigenvalue weighted by molar-refractivity contribution is 5.74. The van der Waals surface area contributed by atoms with Crippen LogP contribution in [-0.4, -0.2) is 15.0 Å². The van der Waals surface area contributed by atoms with E-state index in [1.807, 2.05) is 60.7 Å². The predicted molar refractivity (Wildman–Crippen MR) is 126 cm³/mol. The van der Waals surface area contributed by atoms with Crippen molar-refractivity contribution in [2.45, 2.75) is 0 Å². The van der Waals surface area contributed by atoms with Crippen molar-refractivity contribution >= 4 is 0 Å². The molecule has 36 heavy (non-hydrogen) atoms. The Morgan fingerprint density at radius 1 is 0.472 bits per heavy atom. The van der Waals surface area contributed by atoms with Gasteiger partial charge in [0.05, 0.1) is 0 Å². The van der Waals surface area contributed by atoms with Gasteiger partial charge in [-0.05, 0) is 5.56 Å². The van der Waals surface area contributed by atoms with Crippen molar-refractivity contribution in [2.24, 2.45) is 0 Å². The number of hydrogen-bond acceptors (Lipinski definition) is 4. The van der Waals surface area contributed by atoms with Crippen LogP contribution in [0.1, 0.15) is 5.56 Å². The van der Waals surface area contributed by atoms with Crippen LogP contribution in [0.5, 0.6) is 0 Å². The standard InChI is InChI=1S/C28H14F4N4/c29-22-20(15-33)21(23(30)25(32)24(22)31)16-11-13-19(14-12-16)28-35-26(17-7-3-1-4-8-17)34-27(36-28)18-9-5-2-6-10-18/h1-14H. The van der Waals surface area contributed by atoms with Gasteiger partial charge < -0.3 is 0 Å². The normalized spacial score (nSPS) is 10.8. The molecule has 4 nitrogen and oxygen atoms in total. The summed E-state index contributed by atoms with van der Waals surface area (Å²) in [5.74, 6) is -6.22. The van der Waals surface area contributed by atoms with Crippen LogP contribution in [0.3, 0.4) is 0 Å². The highest BCUT2D eigenvalue weighted by Gasteiger charge is 2.26. The average Bonchev–Trinajstić information content (AvgIpc) is 2.94. The maximum absolute atomic E-state index is 14.5. The van der Waals surface area contributed by atoms with Gasteiger partial charge in [0.1, 0.15) is 11.6 Å². The van der Waals surface area contributed by atoms with Gasteiger partial charge in [0, 0.05) is 22.3 Å². The molecule has 0 fully saturated rings. The molecule has 1 aromatic heterocycles. The third kappa shape index (κ3) is 4.07. The summed E-state index contributed by atoms with van der Waals surface area (Å²) in [5, 5.41) is 9.24. The van der Waals surface area contributed by atoms with Gasteiger partial charge in [0.25, 0.3) is 0 Å². The molecule has 4 aromatic carbocycles.